The topological polar surface area (TPSA) is 213 Å². The summed E-state index contributed by atoms with van der Waals surface area (Å²) in [5.41, 5.74) is 13.5. The van der Waals surface area contributed by atoms with Gasteiger partial charge in [0.25, 0.3) is 16.0 Å². The molecule has 2 rings (SSSR count). The number of hydrogen-bond acceptors (Lipinski definition) is 8. The fourth-order valence-corrected chi connectivity index (χ4v) is 3.56. The predicted molar refractivity (Wildman–Crippen MR) is 117 cm³/mol. The van der Waals surface area contributed by atoms with Crippen LogP contribution in [0, 0.1) is 13.8 Å². The smallest absolute Gasteiger partial charge is 0.300 e. The predicted octanol–water partition coefficient (Wildman–Crippen LogP) is 0.718. The molecule has 172 valence electrons. The third-order valence-electron chi connectivity index (χ3n) is 3.40. The van der Waals surface area contributed by atoms with E-state index in [1.54, 1.807) is 13.8 Å². The van der Waals surface area contributed by atoms with Gasteiger partial charge in [0.05, 0.1) is 9.79 Å². The van der Waals surface area contributed by atoms with Crippen LogP contribution >= 0.6 is 0 Å². The third-order valence-corrected chi connectivity index (χ3v) is 5.74. The number of nitrogen functional groups attached to an aromatic ring is 2. The number of anilines is 2. The van der Waals surface area contributed by atoms with Crippen molar-refractivity contribution >= 4 is 43.3 Å². The molecule has 13 heteroatoms. The molecule has 0 bridgehead atoms. The normalized spacial score (nSPS) is 10.6. The number of primary sulfonamides is 1. The number of carboxylic acid groups (broad SMARTS) is 1. The molecule has 0 fully saturated rings. The highest BCUT2D eigenvalue weighted by atomic mass is 32.2. The Kier molecular flexibility index (Phi) is 10.1. The van der Waals surface area contributed by atoms with Crippen molar-refractivity contribution in [3.05, 3.63) is 47.5 Å². The summed E-state index contributed by atoms with van der Waals surface area (Å²) in [5, 5.41) is 12.3. The van der Waals surface area contributed by atoms with Gasteiger partial charge in [0.15, 0.2) is 0 Å². The van der Waals surface area contributed by atoms with Crippen LogP contribution in [0.15, 0.2) is 46.2 Å². The van der Waals surface area contributed by atoms with Gasteiger partial charge in [0.2, 0.25) is 15.9 Å². The van der Waals surface area contributed by atoms with Crippen LogP contribution in [0.3, 0.4) is 0 Å². The zero-order chi connectivity index (χ0) is 24.6. The highest BCUT2D eigenvalue weighted by Crippen LogP contribution is 2.16. The summed E-state index contributed by atoms with van der Waals surface area (Å²) in [6.45, 7) is 5.65. The number of carbonyl (C=O) groups excluding carboxylic acids is 1. The Morgan fingerprint density at radius 3 is 1.52 bits per heavy atom. The molecule has 0 atom stereocenters. The van der Waals surface area contributed by atoms with Crippen LogP contribution in [-0.4, -0.2) is 33.8 Å². The zero-order valence-corrected chi connectivity index (χ0v) is 19.0. The van der Waals surface area contributed by atoms with Crippen molar-refractivity contribution in [3.63, 3.8) is 0 Å². The molecule has 2 aromatic rings. The van der Waals surface area contributed by atoms with E-state index in [1.165, 1.54) is 36.4 Å². The van der Waals surface area contributed by atoms with Crippen LogP contribution in [0.25, 0.3) is 0 Å². The van der Waals surface area contributed by atoms with E-state index in [0.717, 1.165) is 13.8 Å². The molecule has 0 heterocycles. The molecular weight excluding hydrogens is 448 g/mol. The molecule has 0 aliphatic rings. The fourth-order valence-electron chi connectivity index (χ4n) is 1.89. The standard InChI is InChI=1S/C9H12N2O3S.C7H10N2O2S.C2H4O2/c1-6-5-8(3-4-9(6)10)15(13,14)11-7(2)12;1-5-4-6(12(9,10)11)2-3-7(5)8;1-2(3)4/h3-5H,10H2,1-2H3,(H,11,12);2-4H,8H2,1H3,(H2,9,10,11);1H3,(H,3,4). The van der Waals surface area contributed by atoms with Crippen molar-refractivity contribution in [1.29, 1.82) is 0 Å². The number of nitrogens with one attached hydrogen (secondary N) is 1. The van der Waals surface area contributed by atoms with Crippen molar-refractivity contribution in [2.45, 2.75) is 37.5 Å². The molecule has 8 N–H and O–H groups in total. The van der Waals surface area contributed by atoms with Crippen LogP contribution in [-0.2, 0) is 29.6 Å². The van der Waals surface area contributed by atoms with E-state index in [-0.39, 0.29) is 9.79 Å². The lowest BCUT2D eigenvalue weighted by Crippen LogP contribution is -2.28. The first-order valence-corrected chi connectivity index (χ1v) is 11.5. The molecule has 1 amide bonds. The number of aliphatic carboxylic acids is 1. The number of hydrogen-bond donors (Lipinski definition) is 5. The molecule has 0 radical (unpaired) electrons. The number of nitrogens with two attached hydrogens (primary N) is 3. The summed E-state index contributed by atoms with van der Waals surface area (Å²) in [7, 11) is -7.35. The second-order valence-electron chi connectivity index (χ2n) is 6.26. The monoisotopic (exact) mass is 474 g/mol. The van der Waals surface area contributed by atoms with Crippen molar-refractivity contribution in [1.82, 2.24) is 4.72 Å². The van der Waals surface area contributed by atoms with Gasteiger partial charge in [0.1, 0.15) is 0 Å². The Balaban J connectivity index is 0.000000504. The van der Waals surface area contributed by atoms with Crippen LogP contribution < -0.4 is 21.3 Å². The van der Waals surface area contributed by atoms with Gasteiger partial charge >= 0.3 is 0 Å². The number of carbonyl (C=O) groups is 2. The minimum atomic E-state index is -3.75. The minimum Gasteiger partial charge on any atom is -0.481 e. The number of rotatable bonds is 3. The van der Waals surface area contributed by atoms with Gasteiger partial charge < -0.3 is 16.6 Å². The fraction of sp³-hybridized carbons (Fsp3) is 0.222. The molecule has 31 heavy (non-hydrogen) atoms. The summed E-state index contributed by atoms with van der Waals surface area (Å²) in [6, 6.07) is 8.62. The van der Waals surface area contributed by atoms with Crippen molar-refractivity contribution in [3.8, 4) is 0 Å². The number of aryl methyl sites for hydroxylation is 2. The number of carboxylic acids is 1. The molecule has 0 aromatic heterocycles. The average molecular weight is 475 g/mol. The van der Waals surface area contributed by atoms with Crippen molar-refractivity contribution in [2.75, 3.05) is 11.5 Å². The Morgan fingerprint density at radius 2 is 1.19 bits per heavy atom. The van der Waals surface area contributed by atoms with E-state index >= 15 is 0 Å². The molecule has 11 nitrogen and oxygen atoms in total. The average Bonchev–Trinajstić information content (AvgIpc) is 2.57. The van der Waals surface area contributed by atoms with Gasteiger partial charge in [-0.3, -0.25) is 9.59 Å². The van der Waals surface area contributed by atoms with Crippen LogP contribution in [0.1, 0.15) is 25.0 Å². The van der Waals surface area contributed by atoms with Crippen LogP contribution in [0.4, 0.5) is 11.4 Å². The maximum absolute atomic E-state index is 11.5. The maximum Gasteiger partial charge on any atom is 0.300 e. The van der Waals surface area contributed by atoms with Crippen molar-refractivity contribution in [2.24, 2.45) is 5.14 Å². The van der Waals surface area contributed by atoms with Gasteiger partial charge in [-0.15, -0.1) is 0 Å². The second kappa shape index (κ2) is 11.3. The lowest BCUT2D eigenvalue weighted by Gasteiger charge is -2.06. The van der Waals surface area contributed by atoms with Crippen LogP contribution in [0.2, 0.25) is 0 Å². The molecular formula is C18H26N4O7S2. The zero-order valence-electron chi connectivity index (χ0n) is 17.4. The Hall–Kier alpha value is -3.16. The van der Waals surface area contributed by atoms with E-state index in [0.29, 0.717) is 22.5 Å². The molecule has 0 saturated heterocycles. The lowest BCUT2D eigenvalue weighted by atomic mass is 10.2. The first-order chi connectivity index (χ1) is 14.0. The van der Waals surface area contributed by atoms with E-state index < -0.39 is 31.9 Å². The molecule has 0 unspecified atom stereocenters. The van der Waals surface area contributed by atoms with Crippen molar-refractivity contribution < 1.29 is 31.5 Å². The Bertz CT molecular complexity index is 1160. The lowest BCUT2D eigenvalue weighted by molar-refractivity contribution is -0.134. The number of sulfonamides is 2. The van der Waals surface area contributed by atoms with Gasteiger partial charge in [0, 0.05) is 25.2 Å². The first kappa shape index (κ1) is 27.8. The number of amides is 1. The summed E-state index contributed by atoms with van der Waals surface area (Å²) < 4.78 is 46.6. The second-order valence-corrected chi connectivity index (χ2v) is 9.51. The van der Waals surface area contributed by atoms with E-state index in [9.17, 15) is 21.6 Å². The molecule has 0 spiro atoms. The molecule has 0 aliphatic carbocycles. The number of benzene rings is 2. The summed E-state index contributed by atoms with van der Waals surface area (Å²) in [4.78, 5) is 19.8. The van der Waals surface area contributed by atoms with Gasteiger partial charge in [-0.25, -0.2) is 26.7 Å². The Labute approximate surface area is 181 Å². The minimum absolute atomic E-state index is 0.0319. The molecule has 0 aliphatic heterocycles. The quantitative estimate of drug-likeness (QED) is 0.396. The molecule has 2 aromatic carbocycles. The summed E-state index contributed by atoms with van der Waals surface area (Å²) in [6.07, 6.45) is 0. The first-order valence-electron chi connectivity index (χ1n) is 8.45. The van der Waals surface area contributed by atoms with Gasteiger partial charge in [-0.05, 0) is 61.4 Å². The third kappa shape index (κ3) is 10.4. The Morgan fingerprint density at radius 1 is 0.839 bits per heavy atom. The molecule has 0 saturated carbocycles. The van der Waals surface area contributed by atoms with E-state index in [1.807, 2.05) is 4.72 Å². The SMILES string of the molecule is CC(=O)NS(=O)(=O)c1ccc(N)c(C)c1.CC(=O)O.Cc1cc(S(N)(=O)=O)ccc1N. The highest BCUT2D eigenvalue weighted by Gasteiger charge is 2.15. The maximum atomic E-state index is 11.5. The van der Waals surface area contributed by atoms with E-state index in [4.69, 9.17) is 26.5 Å². The largest absolute Gasteiger partial charge is 0.481 e. The van der Waals surface area contributed by atoms with Gasteiger partial charge in [-0.1, -0.05) is 0 Å². The highest BCUT2D eigenvalue weighted by molar-refractivity contribution is 7.90. The van der Waals surface area contributed by atoms with Gasteiger partial charge in [-0.2, -0.15) is 0 Å². The van der Waals surface area contributed by atoms with E-state index in [2.05, 4.69) is 0 Å². The summed E-state index contributed by atoms with van der Waals surface area (Å²) in [5.74, 6) is -1.45. The summed E-state index contributed by atoms with van der Waals surface area (Å²) >= 11 is 0. The van der Waals surface area contributed by atoms with Crippen LogP contribution in [0.5, 0.6) is 0 Å².